The molecule has 10 nitrogen and oxygen atoms in total. The van der Waals surface area contributed by atoms with Gasteiger partial charge in [0.25, 0.3) is 0 Å². The van der Waals surface area contributed by atoms with Gasteiger partial charge >= 0.3 is 6.18 Å². The maximum atomic E-state index is 14.8. The van der Waals surface area contributed by atoms with Gasteiger partial charge in [-0.25, -0.2) is 27.9 Å². The molecule has 0 aromatic carbocycles. The summed E-state index contributed by atoms with van der Waals surface area (Å²) in [7, 11) is -1.15. The number of ketones is 1. The Morgan fingerprint density at radius 3 is 2.62 bits per heavy atom. The van der Waals surface area contributed by atoms with Gasteiger partial charge in [0.1, 0.15) is 39.2 Å². The van der Waals surface area contributed by atoms with E-state index in [-0.39, 0.29) is 35.3 Å². The fourth-order valence-corrected chi connectivity index (χ4v) is 5.24. The molecule has 2 atom stereocenters. The van der Waals surface area contributed by atoms with Gasteiger partial charge in [-0.15, -0.1) is 0 Å². The van der Waals surface area contributed by atoms with E-state index in [1.54, 1.807) is 0 Å². The number of methoxy groups -OCH3 is 1. The molecular formula is C19H21F4N7O3S. The number of nitrogens with two attached hydrogens (primary N) is 1. The summed E-state index contributed by atoms with van der Waals surface area (Å²) in [5.74, 6) is -2.11. The normalized spacial score (nSPS) is 22.8. The number of aliphatic imine (C=N–C) groups is 1. The Morgan fingerprint density at radius 2 is 2.03 bits per heavy atom. The second-order valence-electron chi connectivity index (χ2n) is 7.57. The highest BCUT2D eigenvalue weighted by molar-refractivity contribution is 7.92. The molecule has 0 radical (unpaired) electrons. The van der Waals surface area contributed by atoms with Gasteiger partial charge in [-0.1, -0.05) is 0 Å². The molecule has 0 amide bonds. The second kappa shape index (κ2) is 9.12. The van der Waals surface area contributed by atoms with E-state index in [1.165, 1.54) is 39.5 Å². The summed E-state index contributed by atoms with van der Waals surface area (Å²) >= 11 is 0. The maximum Gasteiger partial charge on any atom is 0.408 e. The van der Waals surface area contributed by atoms with Crippen molar-refractivity contribution in [3.05, 3.63) is 47.4 Å². The SMILES string of the molecule is COc1cnc(C(=O)Cc2ccc(F)c([C@]3(C)C[S@@](=O)(=NCC(F)(F)F)N(C)C(N)=N3)n2)cn1. The number of hydrogen-bond acceptors (Lipinski definition) is 9. The summed E-state index contributed by atoms with van der Waals surface area (Å²) in [5.41, 5.74) is 3.92. The van der Waals surface area contributed by atoms with Crippen LogP contribution in [0.25, 0.3) is 0 Å². The number of nitrogens with zero attached hydrogens (tertiary/aromatic N) is 6. The van der Waals surface area contributed by atoms with E-state index in [2.05, 4.69) is 24.3 Å². The first-order valence-electron chi connectivity index (χ1n) is 9.68. The Labute approximate surface area is 192 Å². The molecule has 2 aromatic rings. The van der Waals surface area contributed by atoms with Crippen LogP contribution in [-0.4, -0.2) is 67.8 Å². The minimum Gasteiger partial charge on any atom is -0.480 e. The molecule has 184 valence electrons. The Hall–Kier alpha value is -3.36. The molecule has 2 aromatic heterocycles. The van der Waals surface area contributed by atoms with Gasteiger partial charge < -0.3 is 10.5 Å². The first-order chi connectivity index (χ1) is 15.8. The molecule has 34 heavy (non-hydrogen) atoms. The highest BCUT2D eigenvalue weighted by Gasteiger charge is 2.42. The van der Waals surface area contributed by atoms with Crippen molar-refractivity contribution in [1.29, 1.82) is 0 Å². The van der Waals surface area contributed by atoms with Crippen LogP contribution in [0, 0.1) is 5.82 Å². The third kappa shape index (κ3) is 5.40. The first kappa shape index (κ1) is 25.3. The van der Waals surface area contributed by atoms with Gasteiger partial charge in [0.15, 0.2) is 5.78 Å². The molecule has 0 fully saturated rings. The number of halogens is 4. The van der Waals surface area contributed by atoms with Crippen LogP contribution in [0.15, 0.2) is 33.9 Å². The number of Topliss-reactive ketones (excluding diaryl/α,β-unsaturated/α-hetero) is 1. The number of rotatable bonds is 6. The summed E-state index contributed by atoms with van der Waals surface area (Å²) in [6, 6.07) is 2.30. The molecule has 0 aliphatic carbocycles. The van der Waals surface area contributed by atoms with Crippen LogP contribution >= 0.6 is 0 Å². The number of alkyl halides is 3. The first-order valence-corrected chi connectivity index (χ1v) is 11.3. The van der Waals surface area contributed by atoms with Crippen molar-refractivity contribution in [1.82, 2.24) is 19.3 Å². The predicted octanol–water partition coefficient (Wildman–Crippen LogP) is 1.87. The molecule has 0 saturated heterocycles. The summed E-state index contributed by atoms with van der Waals surface area (Å²) in [6.45, 7) is -0.339. The van der Waals surface area contributed by atoms with Crippen LogP contribution in [0.2, 0.25) is 0 Å². The monoisotopic (exact) mass is 503 g/mol. The minimum atomic E-state index is -4.70. The van der Waals surface area contributed by atoms with E-state index in [0.29, 0.717) is 0 Å². The lowest BCUT2D eigenvalue weighted by molar-refractivity contribution is -0.117. The molecule has 0 spiro atoms. The molecule has 15 heteroatoms. The van der Waals surface area contributed by atoms with E-state index in [4.69, 9.17) is 10.5 Å². The second-order valence-corrected chi connectivity index (χ2v) is 9.88. The fraction of sp³-hybridized carbons (Fsp3) is 0.421. The van der Waals surface area contributed by atoms with Crippen molar-refractivity contribution in [2.24, 2.45) is 15.1 Å². The van der Waals surface area contributed by atoms with Crippen LogP contribution in [0.1, 0.15) is 28.8 Å². The summed E-state index contributed by atoms with van der Waals surface area (Å²) in [6.07, 6.45) is -2.50. The van der Waals surface area contributed by atoms with Crippen molar-refractivity contribution < 1.29 is 31.3 Å². The number of hydrogen-bond donors (Lipinski definition) is 1. The molecular weight excluding hydrogens is 482 g/mol. The minimum absolute atomic E-state index is 0.0233. The standard InChI is InChI=1S/C19H21F4N7O3S/c1-18(10-34(32,27-9-19(21,22)23)30(2)17(24)29-18)16-12(20)5-4-11(28-16)6-14(31)13-7-26-15(33-3)8-25-13/h4-5,7-8H,6,9-10H2,1-3H3,(H2,24,29)/t18-,34+/m0/s1. The molecule has 3 heterocycles. The molecule has 1 aliphatic heterocycles. The van der Waals surface area contributed by atoms with Crippen molar-refractivity contribution in [3.8, 4) is 5.88 Å². The van der Waals surface area contributed by atoms with Crippen LogP contribution in [0.4, 0.5) is 17.6 Å². The van der Waals surface area contributed by atoms with E-state index in [0.717, 1.165) is 10.4 Å². The van der Waals surface area contributed by atoms with Gasteiger partial charge in [0, 0.05) is 12.7 Å². The summed E-state index contributed by atoms with van der Waals surface area (Å²) < 4.78 is 75.3. The van der Waals surface area contributed by atoms with E-state index in [1.807, 2.05) is 0 Å². The Morgan fingerprint density at radius 1 is 1.32 bits per heavy atom. The highest BCUT2D eigenvalue weighted by Crippen LogP contribution is 2.33. The van der Waals surface area contributed by atoms with Crippen LogP contribution in [0.5, 0.6) is 5.88 Å². The van der Waals surface area contributed by atoms with E-state index < -0.39 is 45.5 Å². The fourth-order valence-electron chi connectivity index (χ4n) is 3.17. The molecule has 1 aliphatic rings. The zero-order valence-corrected chi connectivity index (χ0v) is 19.2. The van der Waals surface area contributed by atoms with Gasteiger partial charge in [0.05, 0.1) is 31.7 Å². The molecule has 3 rings (SSSR count). The average Bonchev–Trinajstić information content (AvgIpc) is 2.77. The lowest BCUT2D eigenvalue weighted by atomic mass is 9.99. The zero-order valence-electron chi connectivity index (χ0n) is 18.3. The van der Waals surface area contributed by atoms with Crippen molar-refractivity contribution in [2.45, 2.75) is 25.1 Å². The number of ether oxygens (including phenoxy) is 1. The Balaban J connectivity index is 1.96. The number of pyridine rings is 1. The Bertz CT molecular complexity index is 1240. The average molecular weight is 503 g/mol. The zero-order chi connectivity index (χ0) is 25.3. The van der Waals surface area contributed by atoms with Gasteiger partial charge in [0.2, 0.25) is 11.8 Å². The van der Waals surface area contributed by atoms with Gasteiger partial charge in [-0.05, 0) is 19.1 Å². The third-order valence-electron chi connectivity index (χ3n) is 4.90. The lowest BCUT2D eigenvalue weighted by Crippen LogP contribution is -2.51. The van der Waals surface area contributed by atoms with Crippen molar-refractivity contribution in [2.75, 3.05) is 26.5 Å². The van der Waals surface area contributed by atoms with Crippen LogP contribution in [-0.2, 0) is 21.9 Å². The quantitative estimate of drug-likeness (QED) is 0.469. The van der Waals surface area contributed by atoms with Crippen molar-refractivity contribution >= 4 is 21.7 Å². The third-order valence-corrected chi connectivity index (χ3v) is 7.42. The Kier molecular flexibility index (Phi) is 6.78. The number of carbonyl (C=O) groups is 1. The van der Waals surface area contributed by atoms with E-state index >= 15 is 0 Å². The summed E-state index contributed by atoms with van der Waals surface area (Å²) in [5, 5.41) is 0. The van der Waals surface area contributed by atoms with Crippen LogP contribution < -0.4 is 10.5 Å². The van der Waals surface area contributed by atoms with E-state index in [9.17, 15) is 26.6 Å². The molecule has 2 N–H and O–H groups in total. The largest absolute Gasteiger partial charge is 0.480 e. The maximum absolute atomic E-state index is 14.8. The topological polar surface area (TPSA) is 136 Å². The lowest BCUT2D eigenvalue weighted by Gasteiger charge is -2.36. The smallest absolute Gasteiger partial charge is 0.408 e. The summed E-state index contributed by atoms with van der Waals surface area (Å²) in [4.78, 5) is 28.7. The predicted molar refractivity (Wildman–Crippen MR) is 114 cm³/mol. The van der Waals surface area contributed by atoms with Crippen LogP contribution in [0.3, 0.4) is 0 Å². The van der Waals surface area contributed by atoms with Gasteiger partial charge in [-0.3, -0.25) is 14.1 Å². The molecule has 0 unspecified atom stereocenters. The molecule has 0 saturated carbocycles. The number of guanidine groups is 1. The van der Waals surface area contributed by atoms with Crippen molar-refractivity contribution in [3.63, 3.8) is 0 Å². The number of carbonyl (C=O) groups excluding carboxylic acids is 1. The van der Waals surface area contributed by atoms with Gasteiger partial charge in [-0.2, -0.15) is 13.2 Å². The molecule has 0 bridgehead atoms. The highest BCUT2D eigenvalue weighted by atomic mass is 32.2. The number of aromatic nitrogens is 3.